The zero-order valence-electron chi connectivity index (χ0n) is 13.4. The van der Waals surface area contributed by atoms with Gasteiger partial charge in [0.25, 0.3) is 5.91 Å². The topological polar surface area (TPSA) is 55.3 Å². The maximum Gasteiger partial charge on any atom is 0.263 e. The van der Waals surface area contributed by atoms with E-state index >= 15 is 0 Å². The Labute approximate surface area is 140 Å². The molecule has 0 saturated carbocycles. The Kier molecular flexibility index (Phi) is 4.91. The van der Waals surface area contributed by atoms with Crippen LogP contribution in [0.1, 0.15) is 42.9 Å². The maximum absolute atomic E-state index is 12.9. The van der Waals surface area contributed by atoms with Gasteiger partial charge in [0.1, 0.15) is 10.8 Å². The summed E-state index contributed by atoms with van der Waals surface area (Å²) in [6.07, 6.45) is 5.92. The highest BCUT2D eigenvalue weighted by atomic mass is 32.1. The lowest BCUT2D eigenvalue weighted by molar-refractivity contribution is -0.142. The van der Waals surface area contributed by atoms with E-state index in [1.807, 2.05) is 23.3 Å². The lowest BCUT2D eigenvalue weighted by Gasteiger charge is -2.36. The highest BCUT2D eigenvalue weighted by Crippen LogP contribution is 2.33. The van der Waals surface area contributed by atoms with Crippen molar-refractivity contribution in [2.75, 3.05) is 6.54 Å². The average Bonchev–Trinajstić information content (AvgIpc) is 3.01. The van der Waals surface area contributed by atoms with Crippen molar-refractivity contribution in [1.29, 1.82) is 0 Å². The van der Waals surface area contributed by atoms with E-state index in [1.165, 1.54) is 0 Å². The van der Waals surface area contributed by atoms with Gasteiger partial charge in [-0.2, -0.15) is 0 Å². The number of likely N-dealkylation sites (tertiary alicyclic amines) is 1. The number of carbonyl (C=O) groups excluding carboxylic acids is 1. The van der Waals surface area contributed by atoms with Crippen LogP contribution in [0.2, 0.25) is 0 Å². The molecule has 1 aliphatic rings. The molecule has 1 aliphatic heterocycles. The first-order valence-electron chi connectivity index (χ1n) is 7.94. The second-order valence-electron chi connectivity index (χ2n) is 5.82. The van der Waals surface area contributed by atoms with Gasteiger partial charge in [-0.15, -0.1) is 11.3 Å². The normalized spacial score (nSPS) is 19.4. The molecule has 5 nitrogen and oxygen atoms in total. The van der Waals surface area contributed by atoms with Gasteiger partial charge >= 0.3 is 0 Å². The highest BCUT2D eigenvalue weighted by Gasteiger charge is 2.33. The molecule has 2 atom stereocenters. The lowest BCUT2D eigenvalue weighted by atomic mass is 10.0. The highest BCUT2D eigenvalue weighted by molar-refractivity contribution is 7.09. The van der Waals surface area contributed by atoms with Crippen LogP contribution < -0.4 is 4.74 Å². The molecule has 0 unspecified atom stereocenters. The van der Waals surface area contributed by atoms with E-state index in [2.05, 4.69) is 9.97 Å². The van der Waals surface area contributed by atoms with Crippen LogP contribution in [0.5, 0.6) is 5.75 Å². The van der Waals surface area contributed by atoms with Crippen molar-refractivity contribution in [2.45, 2.75) is 45.3 Å². The molecule has 6 heteroatoms. The zero-order valence-corrected chi connectivity index (χ0v) is 14.3. The number of amides is 1. The van der Waals surface area contributed by atoms with E-state index in [-0.39, 0.29) is 11.9 Å². The van der Waals surface area contributed by atoms with Gasteiger partial charge in [0, 0.05) is 23.8 Å². The summed E-state index contributed by atoms with van der Waals surface area (Å²) in [7, 11) is 0. The first-order valence-corrected chi connectivity index (χ1v) is 8.82. The van der Waals surface area contributed by atoms with Gasteiger partial charge in [0.2, 0.25) is 0 Å². The SMILES string of the molecule is Cc1csc([C@@H]2CCCCN2C(=O)[C@@H](C)Oc2cccnc2)n1. The van der Waals surface area contributed by atoms with Crippen molar-refractivity contribution in [1.82, 2.24) is 14.9 Å². The number of aromatic nitrogens is 2. The summed E-state index contributed by atoms with van der Waals surface area (Å²) < 4.78 is 5.75. The minimum absolute atomic E-state index is 0.0198. The average molecular weight is 331 g/mol. The molecule has 2 aromatic rings. The molecule has 0 aliphatic carbocycles. The number of aryl methyl sites for hydroxylation is 1. The van der Waals surface area contributed by atoms with Gasteiger partial charge in [-0.05, 0) is 45.2 Å². The molecule has 2 aromatic heterocycles. The monoisotopic (exact) mass is 331 g/mol. The van der Waals surface area contributed by atoms with Crippen LogP contribution in [-0.2, 0) is 4.79 Å². The number of nitrogens with zero attached hydrogens (tertiary/aromatic N) is 3. The fourth-order valence-corrected chi connectivity index (χ4v) is 3.83. The van der Waals surface area contributed by atoms with Crippen LogP contribution in [0.25, 0.3) is 0 Å². The van der Waals surface area contributed by atoms with Gasteiger partial charge in [0.05, 0.1) is 12.2 Å². The number of piperidine rings is 1. The largest absolute Gasteiger partial charge is 0.479 e. The lowest BCUT2D eigenvalue weighted by Crippen LogP contribution is -2.45. The standard InChI is InChI=1S/C17H21N3O2S/c1-12-11-23-16(19-12)15-7-3-4-9-20(15)17(21)13(2)22-14-6-5-8-18-10-14/h5-6,8,10-11,13,15H,3-4,7,9H2,1-2H3/t13-,15+/m1/s1. The third-order valence-corrected chi connectivity index (χ3v) is 5.07. The van der Waals surface area contributed by atoms with Crippen LogP contribution in [0.15, 0.2) is 29.9 Å². The van der Waals surface area contributed by atoms with Crippen LogP contribution in [0, 0.1) is 6.92 Å². The number of carbonyl (C=O) groups is 1. The molecule has 122 valence electrons. The Morgan fingerprint density at radius 2 is 2.35 bits per heavy atom. The van der Waals surface area contributed by atoms with Crippen LogP contribution in [-0.4, -0.2) is 33.4 Å². The van der Waals surface area contributed by atoms with Crippen molar-refractivity contribution >= 4 is 17.2 Å². The Hall–Kier alpha value is -1.95. The molecule has 1 fully saturated rings. The quantitative estimate of drug-likeness (QED) is 0.862. The summed E-state index contributed by atoms with van der Waals surface area (Å²) in [5, 5.41) is 3.08. The summed E-state index contributed by atoms with van der Waals surface area (Å²) >= 11 is 1.64. The number of hydrogen-bond acceptors (Lipinski definition) is 5. The number of rotatable bonds is 4. The van der Waals surface area contributed by atoms with Crippen molar-refractivity contribution in [3.63, 3.8) is 0 Å². The minimum atomic E-state index is -0.527. The maximum atomic E-state index is 12.9. The van der Waals surface area contributed by atoms with Crippen molar-refractivity contribution < 1.29 is 9.53 Å². The summed E-state index contributed by atoms with van der Waals surface area (Å²) in [6, 6.07) is 3.69. The second kappa shape index (κ2) is 7.08. The van der Waals surface area contributed by atoms with E-state index in [1.54, 1.807) is 36.7 Å². The Morgan fingerprint density at radius 1 is 1.48 bits per heavy atom. The second-order valence-corrected chi connectivity index (χ2v) is 6.71. The van der Waals surface area contributed by atoms with Crippen LogP contribution in [0.4, 0.5) is 0 Å². The van der Waals surface area contributed by atoms with Crippen molar-refractivity contribution in [3.8, 4) is 5.75 Å². The summed E-state index contributed by atoms with van der Waals surface area (Å²) in [5.41, 5.74) is 1.02. The third-order valence-electron chi connectivity index (χ3n) is 4.00. The van der Waals surface area contributed by atoms with Gasteiger partial charge < -0.3 is 9.64 Å². The van der Waals surface area contributed by atoms with Gasteiger partial charge in [0.15, 0.2) is 6.10 Å². The predicted molar refractivity (Wildman–Crippen MR) is 89.5 cm³/mol. The fraction of sp³-hybridized carbons (Fsp3) is 0.471. The van der Waals surface area contributed by atoms with Crippen LogP contribution >= 0.6 is 11.3 Å². The Morgan fingerprint density at radius 3 is 3.04 bits per heavy atom. The van der Waals surface area contributed by atoms with E-state index in [0.29, 0.717) is 5.75 Å². The van der Waals surface area contributed by atoms with E-state index in [9.17, 15) is 4.79 Å². The third kappa shape index (κ3) is 3.69. The number of ether oxygens (including phenoxy) is 1. The number of pyridine rings is 1. The first kappa shape index (κ1) is 15.9. The summed E-state index contributed by atoms with van der Waals surface area (Å²) in [5.74, 6) is 0.637. The van der Waals surface area contributed by atoms with Gasteiger partial charge in [-0.3, -0.25) is 9.78 Å². The van der Waals surface area contributed by atoms with Gasteiger partial charge in [-0.1, -0.05) is 0 Å². The molecule has 1 saturated heterocycles. The Bertz CT molecular complexity index is 659. The van der Waals surface area contributed by atoms with E-state index in [4.69, 9.17) is 4.74 Å². The molecule has 0 N–H and O–H groups in total. The Balaban J connectivity index is 1.73. The molecule has 1 amide bonds. The number of thiazole rings is 1. The zero-order chi connectivity index (χ0) is 16.2. The summed E-state index contributed by atoms with van der Waals surface area (Å²) in [6.45, 7) is 4.56. The first-order chi connectivity index (χ1) is 11.1. The van der Waals surface area contributed by atoms with Crippen molar-refractivity contribution in [3.05, 3.63) is 40.6 Å². The molecule has 0 spiro atoms. The molecule has 3 rings (SSSR count). The number of hydrogen-bond donors (Lipinski definition) is 0. The molecule has 3 heterocycles. The minimum Gasteiger partial charge on any atom is -0.479 e. The molecular formula is C17H21N3O2S. The smallest absolute Gasteiger partial charge is 0.263 e. The summed E-state index contributed by atoms with van der Waals surface area (Å²) in [4.78, 5) is 23.4. The molecular weight excluding hydrogens is 310 g/mol. The molecule has 0 aromatic carbocycles. The molecule has 0 radical (unpaired) electrons. The predicted octanol–water partition coefficient (Wildman–Crippen LogP) is 3.37. The van der Waals surface area contributed by atoms with Gasteiger partial charge in [-0.25, -0.2) is 4.98 Å². The van der Waals surface area contributed by atoms with Crippen molar-refractivity contribution in [2.24, 2.45) is 0 Å². The molecule has 0 bridgehead atoms. The fourth-order valence-electron chi connectivity index (χ4n) is 2.88. The van der Waals surface area contributed by atoms with Crippen LogP contribution in [0.3, 0.4) is 0 Å². The van der Waals surface area contributed by atoms with E-state index in [0.717, 1.165) is 36.5 Å². The molecule has 23 heavy (non-hydrogen) atoms. The van der Waals surface area contributed by atoms with E-state index < -0.39 is 6.10 Å².